The quantitative estimate of drug-likeness (QED) is 0.859. The number of nitriles is 1. The van der Waals surface area contributed by atoms with Gasteiger partial charge in [-0.15, -0.1) is 0 Å². The summed E-state index contributed by atoms with van der Waals surface area (Å²) in [4.78, 5) is 2.21. The summed E-state index contributed by atoms with van der Waals surface area (Å²) < 4.78 is 28.0. The van der Waals surface area contributed by atoms with E-state index < -0.39 is 10.0 Å². The molecule has 5 nitrogen and oxygen atoms in total. The van der Waals surface area contributed by atoms with E-state index in [2.05, 4.69) is 4.90 Å². The maximum Gasteiger partial charge on any atom is 0.245 e. The maximum absolute atomic E-state index is 13.2. The molecule has 0 aromatic heterocycles. The molecule has 0 spiro atoms. The van der Waals surface area contributed by atoms with Crippen molar-refractivity contribution in [2.75, 3.05) is 26.7 Å². The highest BCUT2D eigenvalue weighted by atomic mass is 32.2. The van der Waals surface area contributed by atoms with E-state index in [9.17, 15) is 13.7 Å². The summed E-state index contributed by atoms with van der Waals surface area (Å²) in [7, 11) is -1.75. The molecule has 0 saturated carbocycles. The second-order valence-electron chi connectivity index (χ2n) is 5.91. The fourth-order valence-corrected chi connectivity index (χ4v) is 4.79. The Hall–Kier alpha value is -2.20. The Balaban J connectivity index is 2.06. The summed E-state index contributed by atoms with van der Waals surface area (Å²) >= 11 is 0. The monoisotopic (exact) mass is 341 g/mol. The van der Waals surface area contributed by atoms with E-state index in [-0.39, 0.29) is 16.5 Å². The Morgan fingerprint density at radius 3 is 2.42 bits per heavy atom. The molecule has 0 unspecified atom stereocenters. The highest BCUT2D eigenvalue weighted by Crippen LogP contribution is 2.31. The van der Waals surface area contributed by atoms with Crippen molar-refractivity contribution in [1.82, 2.24) is 9.21 Å². The molecule has 0 radical (unpaired) electrons. The van der Waals surface area contributed by atoms with Crippen LogP contribution in [0.2, 0.25) is 0 Å². The number of hydrogen-bond acceptors (Lipinski definition) is 4. The van der Waals surface area contributed by atoms with Crippen LogP contribution in [0.4, 0.5) is 0 Å². The van der Waals surface area contributed by atoms with E-state index in [1.807, 2.05) is 43.4 Å². The van der Waals surface area contributed by atoms with Crippen LogP contribution in [0.5, 0.6) is 0 Å². The Labute approximate surface area is 142 Å². The molecule has 0 amide bonds. The highest BCUT2D eigenvalue weighted by Gasteiger charge is 2.37. The molecule has 2 aromatic carbocycles. The van der Waals surface area contributed by atoms with E-state index in [1.54, 1.807) is 18.2 Å². The lowest BCUT2D eigenvalue weighted by atomic mass is 10.1. The normalized spacial score (nSPS) is 19.8. The molecule has 1 heterocycles. The third-order valence-electron chi connectivity index (χ3n) is 4.31. The summed E-state index contributed by atoms with van der Waals surface area (Å²) in [6.07, 6.45) is 0. The zero-order valence-corrected chi connectivity index (χ0v) is 14.3. The highest BCUT2D eigenvalue weighted by molar-refractivity contribution is 7.89. The van der Waals surface area contributed by atoms with E-state index in [0.29, 0.717) is 19.6 Å². The van der Waals surface area contributed by atoms with Crippen LogP contribution in [0.15, 0.2) is 59.5 Å². The van der Waals surface area contributed by atoms with Gasteiger partial charge in [0.1, 0.15) is 6.07 Å². The Kier molecular flexibility index (Phi) is 4.67. The Morgan fingerprint density at radius 1 is 1.04 bits per heavy atom. The minimum Gasteiger partial charge on any atom is -0.303 e. The van der Waals surface area contributed by atoms with Crippen molar-refractivity contribution >= 4 is 10.0 Å². The fraction of sp³-hybridized carbons (Fsp3) is 0.278. The van der Waals surface area contributed by atoms with Crippen LogP contribution < -0.4 is 0 Å². The third kappa shape index (κ3) is 3.06. The van der Waals surface area contributed by atoms with Gasteiger partial charge in [-0.05, 0) is 24.7 Å². The topological polar surface area (TPSA) is 64.4 Å². The lowest BCUT2D eigenvalue weighted by Gasteiger charge is -2.39. The van der Waals surface area contributed by atoms with Gasteiger partial charge in [0.15, 0.2) is 0 Å². The summed E-state index contributed by atoms with van der Waals surface area (Å²) in [5.74, 6) is 0. The molecule has 6 heteroatoms. The number of benzene rings is 2. The van der Waals surface area contributed by atoms with Gasteiger partial charge in [0.25, 0.3) is 0 Å². The first kappa shape index (κ1) is 16.7. The van der Waals surface area contributed by atoms with Crippen molar-refractivity contribution < 1.29 is 8.42 Å². The lowest BCUT2D eigenvalue weighted by molar-refractivity contribution is 0.160. The minimum atomic E-state index is -3.74. The second kappa shape index (κ2) is 6.73. The molecule has 3 rings (SSSR count). The van der Waals surface area contributed by atoms with Crippen LogP contribution >= 0.6 is 0 Å². The zero-order chi connectivity index (χ0) is 17.2. The molecule has 0 bridgehead atoms. The second-order valence-corrected chi connectivity index (χ2v) is 7.77. The number of nitrogens with zero attached hydrogens (tertiary/aromatic N) is 3. The zero-order valence-electron chi connectivity index (χ0n) is 13.5. The fourth-order valence-electron chi connectivity index (χ4n) is 3.05. The maximum atomic E-state index is 13.2. The number of hydrogen-bond donors (Lipinski definition) is 0. The van der Waals surface area contributed by atoms with E-state index in [1.165, 1.54) is 10.4 Å². The SMILES string of the molecule is CN1CCN(S(=O)(=O)c2ccccc2C#N)[C@H](c2ccccc2)C1. The number of rotatable bonds is 3. The summed E-state index contributed by atoms with van der Waals surface area (Å²) in [6.45, 7) is 1.69. The summed E-state index contributed by atoms with van der Waals surface area (Å²) in [6, 6.07) is 17.7. The molecule has 0 aliphatic carbocycles. The Morgan fingerprint density at radius 2 is 1.71 bits per heavy atom. The summed E-state index contributed by atoms with van der Waals surface area (Å²) in [5.41, 5.74) is 1.14. The van der Waals surface area contributed by atoms with E-state index >= 15 is 0 Å². The van der Waals surface area contributed by atoms with Crippen LogP contribution in [0.3, 0.4) is 0 Å². The van der Waals surface area contributed by atoms with Gasteiger partial charge >= 0.3 is 0 Å². The number of sulfonamides is 1. The first-order valence-corrected chi connectivity index (χ1v) is 9.22. The van der Waals surface area contributed by atoms with Crippen molar-refractivity contribution in [1.29, 1.82) is 5.26 Å². The molecule has 1 aliphatic rings. The molecule has 24 heavy (non-hydrogen) atoms. The van der Waals surface area contributed by atoms with Gasteiger partial charge in [-0.1, -0.05) is 42.5 Å². The van der Waals surface area contributed by atoms with Crippen LogP contribution in [-0.4, -0.2) is 44.3 Å². The van der Waals surface area contributed by atoms with Gasteiger partial charge in [-0.25, -0.2) is 8.42 Å². The molecular formula is C18H19N3O2S. The van der Waals surface area contributed by atoms with Crippen molar-refractivity contribution in [3.63, 3.8) is 0 Å². The van der Waals surface area contributed by atoms with Gasteiger partial charge < -0.3 is 4.90 Å². The van der Waals surface area contributed by atoms with Gasteiger partial charge in [-0.2, -0.15) is 9.57 Å². The Bertz CT molecular complexity index is 859. The predicted molar refractivity (Wildman–Crippen MR) is 91.7 cm³/mol. The lowest BCUT2D eigenvalue weighted by Crippen LogP contribution is -2.49. The van der Waals surface area contributed by atoms with Crippen LogP contribution in [0.25, 0.3) is 0 Å². The average Bonchev–Trinajstić information content (AvgIpc) is 2.62. The molecule has 1 aliphatic heterocycles. The third-order valence-corrected chi connectivity index (χ3v) is 6.28. The molecule has 0 N–H and O–H groups in total. The molecule has 1 saturated heterocycles. The van der Waals surface area contributed by atoms with Crippen LogP contribution in [-0.2, 0) is 10.0 Å². The first-order chi connectivity index (χ1) is 11.5. The average molecular weight is 341 g/mol. The van der Waals surface area contributed by atoms with Crippen molar-refractivity contribution in [2.45, 2.75) is 10.9 Å². The minimum absolute atomic E-state index is 0.0815. The van der Waals surface area contributed by atoms with Gasteiger partial charge in [-0.3, -0.25) is 0 Å². The van der Waals surface area contributed by atoms with E-state index in [0.717, 1.165) is 5.56 Å². The van der Waals surface area contributed by atoms with Crippen LogP contribution in [0, 0.1) is 11.3 Å². The van der Waals surface area contributed by atoms with Crippen molar-refractivity contribution in [2.24, 2.45) is 0 Å². The number of likely N-dealkylation sites (N-methyl/N-ethyl adjacent to an activating group) is 1. The first-order valence-electron chi connectivity index (χ1n) is 7.78. The molecule has 2 aromatic rings. The smallest absolute Gasteiger partial charge is 0.245 e. The summed E-state index contributed by atoms with van der Waals surface area (Å²) in [5, 5.41) is 9.26. The van der Waals surface area contributed by atoms with Gasteiger partial charge in [0.2, 0.25) is 10.0 Å². The molecule has 1 atom stereocenters. The van der Waals surface area contributed by atoms with Gasteiger partial charge in [0.05, 0.1) is 16.5 Å². The molecule has 1 fully saturated rings. The molecule has 124 valence electrons. The van der Waals surface area contributed by atoms with E-state index in [4.69, 9.17) is 0 Å². The largest absolute Gasteiger partial charge is 0.303 e. The van der Waals surface area contributed by atoms with Gasteiger partial charge in [0, 0.05) is 19.6 Å². The predicted octanol–water partition coefficient (Wildman–Crippen LogP) is 2.24. The molecular weight excluding hydrogens is 322 g/mol. The van der Waals surface area contributed by atoms with Crippen LogP contribution in [0.1, 0.15) is 17.2 Å². The number of piperazine rings is 1. The van der Waals surface area contributed by atoms with Crippen molar-refractivity contribution in [3.05, 3.63) is 65.7 Å². The van der Waals surface area contributed by atoms with Crippen molar-refractivity contribution in [3.8, 4) is 6.07 Å². The standard InChI is InChI=1S/C18H19N3O2S/c1-20-11-12-21(17(14-20)15-7-3-2-4-8-15)24(22,23)18-10-6-5-9-16(18)13-19/h2-10,17H,11-12,14H2,1H3/t17-/m0/s1.